The summed E-state index contributed by atoms with van der Waals surface area (Å²) < 4.78 is 0. The number of amides is 5. The van der Waals surface area contributed by atoms with Crippen LogP contribution in [0.1, 0.15) is 80.6 Å². The number of nitrogens with two attached hydrogens (primary N) is 1. The van der Waals surface area contributed by atoms with Gasteiger partial charge in [-0.25, -0.2) is 4.79 Å². The molecule has 228 valence electrons. The molecule has 41 heavy (non-hydrogen) atoms. The van der Waals surface area contributed by atoms with Gasteiger partial charge in [0.2, 0.25) is 17.6 Å². The topological polar surface area (TPSA) is 168 Å². The Bertz CT molecular complexity index is 1120. The van der Waals surface area contributed by atoms with Gasteiger partial charge in [0.15, 0.2) is 0 Å². The normalized spacial score (nSPS) is 26.8. The van der Waals surface area contributed by atoms with Gasteiger partial charge in [-0.15, -0.1) is 0 Å². The highest BCUT2D eigenvalue weighted by atomic mass is 16.2. The number of rotatable bonds is 12. The summed E-state index contributed by atoms with van der Waals surface area (Å²) in [6.07, 6.45) is 3.48. The Balaban J connectivity index is 1.50. The fraction of sp³-hybridized carbons (Fsp3) is 0.800. The molecule has 1 aliphatic heterocycles. The molecule has 0 bridgehead atoms. The molecule has 11 nitrogen and oxygen atoms in total. The number of nitrogens with one attached hydrogen (secondary N) is 3. The van der Waals surface area contributed by atoms with Crippen LogP contribution in [0.3, 0.4) is 0 Å². The van der Waals surface area contributed by atoms with Crippen LogP contribution in [0.2, 0.25) is 0 Å². The van der Waals surface area contributed by atoms with Crippen molar-refractivity contribution in [1.29, 1.82) is 0 Å². The van der Waals surface area contributed by atoms with Gasteiger partial charge in [-0.1, -0.05) is 48.5 Å². The van der Waals surface area contributed by atoms with E-state index in [1.807, 2.05) is 34.6 Å². The molecule has 4 rings (SSSR count). The smallest absolute Gasteiger partial charge is 0.315 e. The number of ketones is 2. The lowest BCUT2D eigenvalue weighted by Gasteiger charge is -2.38. The molecule has 5 amide bonds. The summed E-state index contributed by atoms with van der Waals surface area (Å²) in [5.41, 5.74) is 4.40. The molecule has 3 aliphatic carbocycles. The first-order valence-electron chi connectivity index (χ1n) is 15.0. The second kappa shape index (κ2) is 11.0. The summed E-state index contributed by atoms with van der Waals surface area (Å²) >= 11 is 0. The average molecular weight is 574 g/mol. The first-order valence-corrected chi connectivity index (χ1v) is 15.0. The van der Waals surface area contributed by atoms with E-state index in [9.17, 15) is 28.8 Å². The predicted molar refractivity (Wildman–Crippen MR) is 151 cm³/mol. The van der Waals surface area contributed by atoms with Crippen molar-refractivity contribution in [3.63, 3.8) is 0 Å². The molecule has 11 heteroatoms. The maximum Gasteiger partial charge on any atom is 0.315 e. The number of carbonyl (C=O) groups is 6. The number of carbonyl (C=O) groups excluding carboxylic acids is 6. The van der Waals surface area contributed by atoms with Crippen LogP contribution in [-0.4, -0.2) is 70.9 Å². The molecule has 1 heterocycles. The van der Waals surface area contributed by atoms with Gasteiger partial charge in [-0.3, -0.25) is 24.0 Å². The molecule has 4 fully saturated rings. The number of fused-ring (bicyclic) bond motifs is 1. The fourth-order valence-electron chi connectivity index (χ4n) is 6.43. The van der Waals surface area contributed by atoms with Crippen LogP contribution in [0.5, 0.6) is 0 Å². The van der Waals surface area contributed by atoms with E-state index >= 15 is 0 Å². The standard InChI is InChI=1S/C30H47N5O6/c1-14(2)18(12-19(36)15-8-9-15)32-28(41)34-24(29(3,4)5)27(40)35-13-17-20(30(17,6)7)22(35)26(39)33-21(16-10-11-16)23(37)25(31)38/h14-18,20-22,24H,8-13H2,1-7H3,(H2,31,38)(H,33,39)(H2,32,34,41)/t17-,18+,20-,21?,22-,24+/m0/s1. The summed E-state index contributed by atoms with van der Waals surface area (Å²) in [5, 5.41) is 8.51. The Hall–Kier alpha value is -2.98. The molecular weight excluding hydrogens is 526 g/mol. The van der Waals surface area contributed by atoms with E-state index in [0.29, 0.717) is 19.4 Å². The van der Waals surface area contributed by atoms with Gasteiger partial charge in [0, 0.05) is 24.9 Å². The first kappa shape index (κ1) is 31.0. The first-order chi connectivity index (χ1) is 18.9. The molecule has 3 saturated carbocycles. The van der Waals surface area contributed by atoms with Crippen LogP contribution in [0.25, 0.3) is 0 Å². The lowest BCUT2D eigenvalue weighted by Crippen LogP contribution is -2.62. The summed E-state index contributed by atoms with van der Waals surface area (Å²) in [7, 11) is 0. The van der Waals surface area contributed by atoms with Gasteiger partial charge in [0.1, 0.15) is 23.9 Å². The van der Waals surface area contributed by atoms with Crippen molar-refractivity contribution in [1.82, 2.24) is 20.9 Å². The van der Waals surface area contributed by atoms with Crippen molar-refractivity contribution in [2.45, 2.75) is 105 Å². The van der Waals surface area contributed by atoms with Gasteiger partial charge in [0.05, 0.1) is 0 Å². The number of primary amides is 1. The van der Waals surface area contributed by atoms with Crippen molar-refractivity contribution >= 4 is 35.3 Å². The molecule has 0 aromatic heterocycles. The Morgan fingerprint density at radius 2 is 1.56 bits per heavy atom. The highest BCUT2D eigenvalue weighted by Gasteiger charge is 2.70. The van der Waals surface area contributed by atoms with Crippen molar-refractivity contribution < 1.29 is 28.8 Å². The second-order valence-electron chi connectivity index (χ2n) is 14.7. The zero-order valence-electron chi connectivity index (χ0n) is 25.4. The third-order valence-corrected chi connectivity index (χ3v) is 9.64. The zero-order valence-corrected chi connectivity index (χ0v) is 25.4. The summed E-state index contributed by atoms with van der Waals surface area (Å²) in [6.45, 7) is 13.9. The fourth-order valence-corrected chi connectivity index (χ4v) is 6.43. The molecule has 0 aromatic carbocycles. The molecule has 0 aromatic rings. The highest BCUT2D eigenvalue weighted by molar-refractivity contribution is 6.38. The third-order valence-electron chi connectivity index (χ3n) is 9.64. The minimum Gasteiger partial charge on any atom is -0.363 e. The van der Waals surface area contributed by atoms with Crippen LogP contribution in [0.4, 0.5) is 4.79 Å². The van der Waals surface area contributed by atoms with Crippen molar-refractivity contribution in [3.05, 3.63) is 0 Å². The van der Waals surface area contributed by atoms with Crippen molar-refractivity contribution in [2.24, 2.45) is 46.2 Å². The van der Waals surface area contributed by atoms with E-state index < -0.39 is 47.2 Å². The highest BCUT2D eigenvalue weighted by Crippen LogP contribution is 2.65. The second-order valence-corrected chi connectivity index (χ2v) is 14.7. The number of nitrogens with zero attached hydrogens (tertiary/aromatic N) is 1. The summed E-state index contributed by atoms with van der Waals surface area (Å²) in [4.78, 5) is 79.0. The van der Waals surface area contributed by atoms with Crippen LogP contribution in [0.15, 0.2) is 0 Å². The Labute approximate surface area is 242 Å². The van der Waals surface area contributed by atoms with Crippen LogP contribution in [0, 0.1) is 40.4 Å². The number of hydrogen-bond acceptors (Lipinski definition) is 6. The Morgan fingerprint density at radius 3 is 2.05 bits per heavy atom. The lowest BCUT2D eigenvalue weighted by molar-refractivity contribution is -0.145. The molecule has 1 unspecified atom stereocenters. The molecule has 0 radical (unpaired) electrons. The molecule has 6 atom stereocenters. The number of Topliss-reactive ketones (excluding diaryl/α,β-unsaturated/α-hetero) is 2. The minimum absolute atomic E-state index is 0.0239. The van der Waals surface area contributed by atoms with Gasteiger partial charge in [0.25, 0.3) is 5.91 Å². The monoisotopic (exact) mass is 573 g/mol. The number of piperidine rings is 1. The van der Waals surface area contributed by atoms with E-state index in [-0.39, 0.29) is 59.2 Å². The van der Waals surface area contributed by atoms with Gasteiger partial charge < -0.3 is 26.6 Å². The van der Waals surface area contributed by atoms with Gasteiger partial charge >= 0.3 is 6.03 Å². The van der Waals surface area contributed by atoms with E-state index in [1.165, 1.54) is 4.90 Å². The summed E-state index contributed by atoms with van der Waals surface area (Å²) in [5.74, 6) is -2.65. The molecule has 1 saturated heterocycles. The quantitative estimate of drug-likeness (QED) is 0.258. The molecule has 4 aliphatic rings. The molecular formula is C30H47N5O6. The Morgan fingerprint density at radius 1 is 0.951 bits per heavy atom. The maximum atomic E-state index is 14.1. The van der Waals surface area contributed by atoms with E-state index in [4.69, 9.17) is 5.73 Å². The van der Waals surface area contributed by atoms with Crippen LogP contribution < -0.4 is 21.7 Å². The van der Waals surface area contributed by atoms with E-state index in [1.54, 1.807) is 0 Å². The van der Waals surface area contributed by atoms with Crippen LogP contribution in [-0.2, 0) is 24.0 Å². The zero-order chi connectivity index (χ0) is 30.6. The number of urea groups is 1. The van der Waals surface area contributed by atoms with E-state index in [0.717, 1.165) is 12.8 Å². The van der Waals surface area contributed by atoms with Crippen LogP contribution >= 0.6 is 0 Å². The maximum absolute atomic E-state index is 14.1. The predicted octanol–water partition coefficient (Wildman–Crippen LogP) is 1.53. The molecule has 0 spiro atoms. The third kappa shape index (κ3) is 6.59. The number of hydrogen-bond donors (Lipinski definition) is 4. The minimum atomic E-state index is -1.09. The Kier molecular flexibility index (Phi) is 8.32. The summed E-state index contributed by atoms with van der Waals surface area (Å²) in [6, 6.07) is -3.67. The SMILES string of the molecule is CC(C)[C@@H](CC(=O)C1CC1)NC(=O)N[C@H](C(=O)N1C[C@H]2[C@@H]([C@H]1C(=O)NC(C(=O)C(N)=O)C1CC1)C2(C)C)C(C)(C)C. The molecule has 5 N–H and O–H groups in total. The number of likely N-dealkylation sites (tertiary alicyclic amines) is 1. The van der Waals surface area contributed by atoms with E-state index in [2.05, 4.69) is 29.8 Å². The van der Waals surface area contributed by atoms with Crippen molar-refractivity contribution in [3.8, 4) is 0 Å². The van der Waals surface area contributed by atoms with Gasteiger partial charge in [-0.05, 0) is 60.2 Å². The van der Waals surface area contributed by atoms with Crippen molar-refractivity contribution in [2.75, 3.05) is 6.54 Å². The average Bonchev–Trinajstić information content (AvgIpc) is 3.79. The van der Waals surface area contributed by atoms with Gasteiger partial charge in [-0.2, -0.15) is 0 Å². The lowest BCUT2D eigenvalue weighted by atomic mass is 9.85. The largest absolute Gasteiger partial charge is 0.363 e.